The average Bonchev–Trinajstić information content (AvgIpc) is 3.35. The van der Waals surface area contributed by atoms with Gasteiger partial charge in [0.1, 0.15) is 0 Å². The van der Waals surface area contributed by atoms with Crippen LogP contribution in [-0.2, 0) is 4.43 Å². The zero-order chi connectivity index (χ0) is 28.7. The second kappa shape index (κ2) is 11.6. The van der Waals surface area contributed by atoms with Crippen LogP contribution < -0.4 is 10.4 Å². The van der Waals surface area contributed by atoms with Gasteiger partial charge in [-0.1, -0.05) is 125 Å². The van der Waals surface area contributed by atoms with Crippen LogP contribution in [0.5, 0.6) is 0 Å². The van der Waals surface area contributed by atoms with E-state index in [9.17, 15) is 5.11 Å². The number of hydrogen-bond acceptors (Lipinski definition) is 2. The van der Waals surface area contributed by atoms with E-state index in [0.29, 0.717) is 17.9 Å². The molecule has 0 aliphatic heterocycles. The van der Waals surface area contributed by atoms with Crippen molar-refractivity contribution in [1.82, 2.24) is 0 Å². The molecule has 0 aromatic heterocycles. The zero-order valence-electron chi connectivity index (χ0n) is 25.9. The largest absolute Gasteiger partial charge is 0.404 e. The summed E-state index contributed by atoms with van der Waals surface area (Å²) in [7, 11) is -2.50. The summed E-state index contributed by atoms with van der Waals surface area (Å²) in [4.78, 5) is 0. The van der Waals surface area contributed by atoms with Gasteiger partial charge in [0.05, 0.1) is 12.7 Å². The molecule has 0 unspecified atom stereocenters. The molecule has 0 amide bonds. The van der Waals surface area contributed by atoms with E-state index in [-0.39, 0.29) is 5.41 Å². The van der Waals surface area contributed by atoms with Crippen molar-refractivity contribution < 1.29 is 9.53 Å². The van der Waals surface area contributed by atoms with E-state index in [0.717, 1.165) is 43.1 Å². The highest BCUT2D eigenvalue weighted by Crippen LogP contribution is 2.67. The fourth-order valence-electron chi connectivity index (χ4n) is 10.2. The number of allylic oxidation sites excluding steroid dienone is 1. The van der Waals surface area contributed by atoms with Gasteiger partial charge in [-0.15, -0.1) is 0 Å². The Balaban J connectivity index is 1.36. The molecule has 0 radical (unpaired) electrons. The lowest BCUT2D eigenvalue weighted by molar-refractivity contribution is -0.0305. The lowest BCUT2D eigenvalue weighted by atomic mass is 9.47. The number of hydrogen-bond donors (Lipinski definition) is 1. The zero-order valence-corrected chi connectivity index (χ0v) is 26.9. The van der Waals surface area contributed by atoms with Crippen LogP contribution in [0.4, 0.5) is 0 Å². The third kappa shape index (κ3) is 4.84. The SMILES string of the molecule is CCCC[Si](OCC1=C[C@H](O)CC2=CC[C@@H]3[C@H](CC[C@]4(C)[C@@H](CC)CC[C@@H]34)[C@@]12C)(c1ccccc1)c1ccccc1. The van der Waals surface area contributed by atoms with Gasteiger partial charge in [0, 0.05) is 5.41 Å². The van der Waals surface area contributed by atoms with Gasteiger partial charge in [0.25, 0.3) is 8.32 Å². The van der Waals surface area contributed by atoms with E-state index in [1.54, 1.807) is 0 Å². The van der Waals surface area contributed by atoms with Crippen LogP contribution >= 0.6 is 0 Å². The molecule has 4 aliphatic carbocycles. The van der Waals surface area contributed by atoms with Gasteiger partial charge in [-0.3, -0.25) is 0 Å². The Kier molecular flexibility index (Phi) is 8.26. The molecule has 0 heterocycles. The molecule has 2 aromatic carbocycles. The second-order valence-corrected chi connectivity index (χ2v) is 17.8. The van der Waals surface area contributed by atoms with Gasteiger partial charge in [0.15, 0.2) is 0 Å². The molecule has 7 atom stereocenters. The number of unbranched alkanes of at least 4 members (excludes halogenated alkanes) is 1. The molecule has 1 N–H and O–H groups in total. The first-order valence-corrected chi connectivity index (χ1v) is 18.8. The van der Waals surface area contributed by atoms with E-state index in [2.05, 4.69) is 101 Å². The molecule has 4 aliphatic rings. The van der Waals surface area contributed by atoms with Crippen LogP contribution in [0.1, 0.15) is 85.5 Å². The standard InChI is InChI=1S/C38H52O2Si/c1-5-7-24-41(32-14-10-8-11-15-32,33-16-12-9-13-17-33)40-27-30-26-31(39)25-29-18-20-34-35-21-19-28(6-2)37(35,3)23-22-36(34)38(29,30)4/h8-18,26,28,31,34-36,39H,5-7,19-25,27H2,1-4H3/t28-,31+,34-,35-,36-,37+,38+/m0/s1. The van der Waals surface area contributed by atoms with Crippen LogP contribution in [-0.4, -0.2) is 26.1 Å². The number of fused-ring (bicyclic) bond motifs is 5. The summed E-state index contributed by atoms with van der Waals surface area (Å²) in [6.45, 7) is 10.5. The van der Waals surface area contributed by atoms with Gasteiger partial charge in [-0.05, 0) is 89.6 Å². The summed E-state index contributed by atoms with van der Waals surface area (Å²) in [5.74, 6) is 3.13. The topological polar surface area (TPSA) is 29.5 Å². The van der Waals surface area contributed by atoms with E-state index >= 15 is 0 Å². The van der Waals surface area contributed by atoms with E-state index in [1.807, 2.05) is 0 Å². The van der Waals surface area contributed by atoms with Crippen LogP contribution in [0.2, 0.25) is 6.04 Å². The van der Waals surface area contributed by atoms with Crippen LogP contribution in [0.25, 0.3) is 0 Å². The molecular weight excluding hydrogens is 517 g/mol. The molecule has 6 rings (SSSR count). The summed E-state index contributed by atoms with van der Waals surface area (Å²) >= 11 is 0. The Labute approximate surface area is 250 Å². The first-order valence-electron chi connectivity index (χ1n) is 16.7. The molecule has 2 saturated carbocycles. The Morgan fingerprint density at radius 1 is 0.902 bits per heavy atom. The highest BCUT2D eigenvalue weighted by atomic mass is 28.4. The minimum Gasteiger partial charge on any atom is -0.404 e. The number of benzene rings is 2. The van der Waals surface area contributed by atoms with Crippen molar-refractivity contribution in [2.45, 2.75) is 97.6 Å². The van der Waals surface area contributed by atoms with Gasteiger partial charge < -0.3 is 9.53 Å². The van der Waals surface area contributed by atoms with E-state index in [4.69, 9.17) is 4.43 Å². The Morgan fingerprint density at radius 2 is 1.59 bits per heavy atom. The van der Waals surface area contributed by atoms with E-state index in [1.165, 1.54) is 60.0 Å². The lowest BCUT2D eigenvalue weighted by Crippen LogP contribution is -2.61. The van der Waals surface area contributed by atoms with Gasteiger partial charge in [0.2, 0.25) is 0 Å². The highest BCUT2D eigenvalue weighted by molar-refractivity contribution is 6.97. The maximum atomic E-state index is 11.1. The monoisotopic (exact) mass is 568 g/mol. The first-order chi connectivity index (χ1) is 19.9. The highest BCUT2D eigenvalue weighted by Gasteiger charge is 2.59. The van der Waals surface area contributed by atoms with Crippen LogP contribution in [0.3, 0.4) is 0 Å². The number of rotatable bonds is 9. The minimum atomic E-state index is -2.50. The van der Waals surface area contributed by atoms with Crippen LogP contribution in [0.15, 0.2) is 84.0 Å². The number of aliphatic hydroxyl groups is 1. The molecule has 2 nitrogen and oxygen atoms in total. The minimum absolute atomic E-state index is 0.00789. The van der Waals surface area contributed by atoms with Gasteiger partial charge in [-0.25, -0.2) is 0 Å². The first kappa shape index (κ1) is 29.1. The van der Waals surface area contributed by atoms with Crippen molar-refractivity contribution in [3.05, 3.63) is 84.0 Å². The van der Waals surface area contributed by atoms with E-state index < -0.39 is 14.4 Å². The summed E-state index contributed by atoms with van der Waals surface area (Å²) in [6, 6.07) is 23.2. The molecular formula is C38H52O2Si. The molecule has 0 spiro atoms. The summed E-state index contributed by atoms with van der Waals surface area (Å²) in [5, 5.41) is 13.9. The Bertz CT molecular complexity index is 1210. The summed E-state index contributed by atoms with van der Waals surface area (Å²) in [5.41, 5.74) is 3.34. The fourth-order valence-corrected chi connectivity index (χ4v) is 14.3. The third-order valence-electron chi connectivity index (χ3n) is 12.5. The predicted octanol–water partition coefficient (Wildman–Crippen LogP) is 8.06. The fraction of sp³-hybridized carbons (Fsp3) is 0.579. The van der Waals surface area contributed by atoms with Crippen molar-refractivity contribution in [1.29, 1.82) is 0 Å². The van der Waals surface area contributed by atoms with Gasteiger partial charge in [-0.2, -0.15) is 0 Å². The van der Waals surface area contributed by atoms with Crippen molar-refractivity contribution in [3.8, 4) is 0 Å². The second-order valence-electron chi connectivity index (χ2n) is 14.2. The van der Waals surface area contributed by atoms with Crippen molar-refractivity contribution >= 4 is 18.7 Å². The smallest absolute Gasteiger partial charge is 0.256 e. The van der Waals surface area contributed by atoms with Gasteiger partial charge >= 0.3 is 0 Å². The molecule has 0 saturated heterocycles. The quantitative estimate of drug-likeness (QED) is 0.245. The molecule has 41 heavy (non-hydrogen) atoms. The normalized spacial score (nSPS) is 34.7. The third-order valence-corrected chi connectivity index (χ3v) is 16.7. The van der Waals surface area contributed by atoms with Crippen molar-refractivity contribution in [3.63, 3.8) is 0 Å². The summed E-state index contributed by atoms with van der Waals surface area (Å²) in [6.07, 6.45) is 15.5. The molecule has 3 heteroatoms. The van der Waals surface area contributed by atoms with Crippen LogP contribution in [0, 0.1) is 34.5 Å². The lowest BCUT2D eigenvalue weighted by Gasteiger charge is -2.58. The molecule has 2 aromatic rings. The van der Waals surface area contributed by atoms with Crippen molar-refractivity contribution in [2.75, 3.05) is 6.61 Å². The Hall–Kier alpha value is -1.94. The molecule has 220 valence electrons. The van der Waals surface area contributed by atoms with Crippen molar-refractivity contribution in [2.24, 2.45) is 34.5 Å². The molecule has 2 fully saturated rings. The number of aliphatic hydroxyl groups excluding tert-OH is 1. The maximum Gasteiger partial charge on any atom is 0.256 e. The summed E-state index contributed by atoms with van der Waals surface area (Å²) < 4.78 is 7.46. The Morgan fingerprint density at radius 3 is 2.22 bits per heavy atom. The molecule has 0 bridgehead atoms. The maximum absolute atomic E-state index is 11.1. The average molecular weight is 569 g/mol. The predicted molar refractivity (Wildman–Crippen MR) is 174 cm³/mol.